The summed E-state index contributed by atoms with van der Waals surface area (Å²) < 4.78 is 1.84. The Morgan fingerprint density at radius 3 is 2.88 bits per heavy atom. The van der Waals surface area contributed by atoms with Crippen LogP contribution in [0.1, 0.15) is 37.8 Å². The Bertz CT molecular complexity index is 828. The molecule has 1 aromatic carbocycles. The fourth-order valence-corrected chi connectivity index (χ4v) is 3.96. The number of nitrogens with one attached hydrogen (secondary N) is 1. The quantitative estimate of drug-likeness (QED) is 0.836. The molecule has 1 aliphatic carbocycles. The average Bonchev–Trinajstić information content (AvgIpc) is 2.96. The molecule has 0 unspecified atom stereocenters. The summed E-state index contributed by atoms with van der Waals surface area (Å²) in [5.41, 5.74) is 2.80. The van der Waals surface area contributed by atoms with Crippen molar-refractivity contribution in [1.29, 1.82) is 0 Å². The first kappa shape index (κ1) is 15.7. The zero-order chi connectivity index (χ0) is 16.7. The largest absolute Gasteiger partial charge is 0.328 e. The number of halogens is 1. The van der Waals surface area contributed by atoms with Crippen LogP contribution in [0.5, 0.6) is 0 Å². The normalized spacial score (nSPS) is 19.8. The van der Waals surface area contributed by atoms with E-state index in [1.165, 1.54) is 0 Å². The average molecular weight is 361 g/mol. The smallest absolute Gasteiger partial charge is 0.227 e. The van der Waals surface area contributed by atoms with Crippen LogP contribution < -0.4 is 5.32 Å². The highest BCUT2D eigenvalue weighted by molar-refractivity contribution is 7.99. The summed E-state index contributed by atoms with van der Waals surface area (Å²) >= 11 is 7.63. The monoisotopic (exact) mass is 360 g/mol. The lowest BCUT2D eigenvalue weighted by Gasteiger charge is -2.32. The maximum Gasteiger partial charge on any atom is 0.227 e. The van der Waals surface area contributed by atoms with E-state index in [0.29, 0.717) is 17.4 Å². The van der Waals surface area contributed by atoms with E-state index in [9.17, 15) is 4.79 Å². The molecule has 1 atom stereocenters. The second-order valence-electron chi connectivity index (χ2n) is 5.84. The summed E-state index contributed by atoms with van der Waals surface area (Å²) in [7, 11) is 0. The first-order chi connectivity index (χ1) is 11.7. The van der Waals surface area contributed by atoms with Crippen molar-refractivity contribution < 1.29 is 4.79 Å². The van der Waals surface area contributed by atoms with Crippen molar-refractivity contribution in [2.75, 3.05) is 11.1 Å². The predicted octanol–water partition coefficient (Wildman–Crippen LogP) is 4.07. The lowest BCUT2D eigenvalue weighted by molar-refractivity contribution is -0.116. The van der Waals surface area contributed by atoms with Gasteiger partial charge in [0.1, 0.15) is 6.04 Å². The minimum Gasteiger partial charge on any atom is -0.328 e. The third-order valence-electron chi connectivity index (χ3n) is 4.31. The van der Waals surface area contributed by atoms with Crippen LogP contribution in [0, 0.1) is 0 Å². The number of Topliss-reactive ketones (excluding diaryl/α,β-unsaturated/α-hetero) is 1. The van der Waals surface area contributed by atoms with Crippen LogP contribution in [0.3, 0.4) is 0 Å². The van der Waals surface area contributed by atoms with Crippen LogP contribution in [0.4, 0.5) is 5.95 Å². The van der Waals surface area contributed by atoms with E-state index in [0.717, 1.165) is 40.6 Å². The van der Waals surface area contributed by atoms with Crippen molar-refractivity contribution in [3.05, 3.63) is 46.1 Å². The highest BCUT2D eigenvalue weighted by atomic mass is 35.5. The van der Waals surface area contributed by atoms with Gasteiger partial charge in [-0.3, -0.25) is 4.79 Å². The Hall–Kier alpha value is -1.79. The summed E-state index contributed by atoms with van der Waals surface area (Å²) in [5.74, 6) is 1.80. The van der Waals surface area contributed by atoms with Gasteiger partial charge in [-0.2, -0.15) is 4.98 Å². The zero-order valence-corrected chi connectivity index (χ0v) is 14.8. The number of benzene rings is 1. The molecule has 0 amide bonds. The predicted molar refractivity (Wildman–Crippen MR) is 95.5 cm³/mol. The number of carbonyl (C=O) groups excluding carboxylic acids is 1. The molecule has 124 valence electrons. The summed E-state index contributed by atoms with van der Waals surface area (Å²) in [4.78, 5) is 17.2. The van der Waals surface area contributed by atoms with Crippen LogP contribution in [-0.4, -0.2) is 26.3 Å². The lowest BCUT2D eigenvalue weighted by atomic mass is 9.85. The number of carbonyl (C=O) groups is 1. The molecule has 2 aromatic rings. The van der Waals surface area contributed by atoms with E-state index in [1.54, 1.807) is 11.8 Å². The first-order valence-electron chi connectivity index (χ1n) is 8.05. The van der Waals surface area contributed by atoms with Crippen molar-refractivity contribution in [3.8, 4) is 0 Å². The molecule has 2 aliphatic rings. The maximum atomic E-state index is 12.6. The molecular formula is C17H17ClN4OS. The Labute approximate surface area is 149 Å². The molecule has 0 radical (unpaired) electrons. The summed E-state index contributed by atoms with van der Waals surface area (Å²) in [6, 6.07) is 7.39. The second-order valence-corrected chi connectivity index (χ2v) is 7.51. The van der Waals surface area contributed by atoms with Crippen molar-refractivity contribution in [3.63, 3.8) is 0 Å². The van der Waals surface area contributed by atoms with Crippen molar-refractivity contribution >= 4 is 35.1 Å². The number of rotatable bonds is 3. The zero-order valence-electron chi connectivity index (χ0n) is 13.3. The molecule has 5 nitrogen and oxygen atoms in total. The minimum atomic E-state index is -0.236. The Balaban J connectivity index is 1.87. The number of hydrogen-bond donors (Lipinski definition) is 1. The minimum absolute atomic E-state index is 0.189. The maximum absolute atomic E-state index is 12.6. The fourth-order valence-electron chi connectivity index (χ4n) is 3.28. The molecule has 2 heterocycles. The lowest BCUT2D eigenvalue weighted by Crippen LogP contribution is -2.31. The molecular weight excluding hydrogens is 344 g/mol. The molecule has 1 aliphatic heterocycles. The summed E-state index contributed by atoms with van der Waals surface area (Å²) in [5, 5.41) is 9.37. The number of allylic oxidation sites excluding steroid dienone is 2. The van der Waals surface area contributed by atoms with Gasteiger partial charge in [0.25, 0.3) is 0 Å². The van der Waals surface area contributed by atoms with Gasteiger partial charge in [-0.15, -0.1) is 5.10 Å². The van der Waals surface area contributed by atoms with Crippen molar-refractivity contribution in [2.45, 2.75) is 37.4 Å². The second kappa shape index (κ2) is 6.26. The third-order valence-corrected chi connectivity index (χ3v) is 5.28. The SMILES string of the molecule is CCSc1nc2n(n1)[C@H](c1ccc(Cl)cc1)C1=C(CCCC1=O)N2. The van der Waals surface area contributed by atoms with Gasteiger partial charge in [0.05, 0.1) is 0 Å². The van der Waals surface area contributed by atoms with E-state index in [4.69, 9.17) is 11.6 Å². The van der Waals surface area contributed by atoms with Crippen molar-refractivity contribution in [1.82, 2.24) is 14.8 Å². The number of aromatic nitrogens is 3. The van der Waals surface area contributed by atoms with E-state index in [1.807, 2.05) is 28.9 Å². The van der Waals surface area contributed by atoms with Gasteiger partial charge in [0.15, 0.2) is 5.78 Å². The molecule has 0 bridgehead atoms. The topological polar surface area (TPSA) is 59.8 Å². The standard InChI is InChI=1S/C17H17ClN4OS/c1-2-24-17-20-16-19-12-4-3-5-13(23)14(12)15(22(16)21-17)10-6-8-11(18)9-7-10/h6-9,15H,2-5H2,1H3,(H,19,20,21)/t15-/m1/s1. The van der Waals surface area contributed by atoms with E-state index in [-0.39, 0.29) is 11.8 Å². The van der Waals surface area contributed by atoms with Crippen LogP contribution >= 0.6 is 23.4 Å². The number of fused-ring (bicyclic) bond motifs is 1. The van der Waals surface area contributed by atoms with Gasteiger partial charge in [-0.05, 0) is 36.3 Å². The summed E-state index contributed by atoms with van der Waals surface area (Å²) in [6.07, 6.45) is 2.34. The molecule has 24 heavy (non-hydrogen) atoms. The van der Waals surface area contributed by atoms with E-state index in [2.05, 4.69) is 22.3 Å². The van der Waals surface area contributed by atoms with Crippen LogP contribution in [0.2, 0.25) is 5.02 Å². The number of ketones is 1. The van der Waals surface area contributed by atoms with Gasteiger partial charge in [0, 0.05) is 22.7 Å². The van der Waals surface area contributed by atoms with Crippen LogP contribution in [0.15, 0.2) is 40.7 Å². The molecule has 1 N–H and O–H groups in total. The van der Waals surface area contributed by atoms with Crippen molar-refractivity contribution in [2.24, 2.45) is 0 Å². The number of nitrogens with zero attached hydrogens (tertiary/aromatic N) is 3. The number of hydrogen-bond acceptors (Lipinski definition) is 5. The van der Waals surface area contributed by atoms with Gasteiger partial charge in [-0.1, -0.05) is 42.4 Å². The molecule has 0 saturated heterocycles. The van der Waals surface area contributed by atoms with Gasteiger partial charge in [-0.25, -0.2) is 4.68 Å². The molecule has 0 spiro atoms. The summed E-state index contributed by atoms with van der Waals surface area (Å²) in [6.45, 7) is 2.07. The van der Waals surface area contributed by atoms with Gasteiger partial charge in [0.2, 0.25) is 11.1 Å². The number of thioether (sulfide) groups is 1. The fraction of sp³-hybridized carbons (Fsp3) is 0.353. The third kappa shape index (κ3) is 2.63. The van der Waals surface area contributed by atoms with E-state index < -0.39 is 0 Å². The first-order valence-corrected chi connectivity index (χ1v) is 9.42. The molecule has 4 rings (SSSR count). The van der Waals surface area contributed by atoms with Crippen LogP contribution in [0.25, 0.3) is 0 Å². The van der Waals surface area contributed by atoms with E-state index >= 15 is 0 Å². The Morgan fingerprint density at radius 2 is 2.12 bits per heavy atom. The molecule has 0 fully saturated rings. The Morgan fingerprint density at radius 1 is 1.33 bits per heavy atom. The highest BCUT2D eigenvalue weighted by Gasteiger charge is 2.36. The van der Waals surface area contributed by atoms with Gasteiger partial charge < -0.3 is 5.32 Å². The highest BCUT2D eigenvalue weighted by Crippen LogP contribution is 2.40. The molecule has 7 heteroatoms. The number of anilines is 1. The Kier molecular flexibility index (Phi) is 4.10. The molecule has 1 aromatic heterocycles. The van der Waals surface area contributed by atoms with Gasteiger partial charge >= 0.3 is 0 Å². The molecule has 0 saturated carbocycles. The van der Waals surface area contributed by atoms with Crippen LogP contribution in [-0.2, 0) is 4.79 Å².